The molecule has 0 amide bonds. The number of ether oxygens (including phenoxy) is 1. The van der Waals surface area contributed by atoms with Gasteiger partial charge in [0.15, 0.2) is 0 Å². The summed E-state index contributed by atoms with van der Waals surface area (Å²) in [6.07, 6.45) is 0. The molecule has 0 fully saturated rings. The van der Waals surface area contributed by atoms with Gasteiger partial charge in [-0.25, -0.2) is 9.97 Å². The van der Waals surface area contributed by atoms with Crippen LogP contribution in [-0.2, 0) is 4.74 Å². The lowest BCUT2D eigenvalue weighted by Gasteiger charge is -2.13. The second kappa shape index (κ2) is 6.13. The number of rotatable bonds is 4. The molecule has 1 aromatic carbocycles. The average molecular weight is 277 g/mol. The maximum atomic E-state index is 6.22. The summed E-state index contributed by atoms with van der Waals surface area (Å²) in [5, 5.41) is 0.506. The second-order valence-electron chi connectivity index (χ2n) is 4.57. The van der Waals surface area contributed by atoms with E-state index in [9.17, 15) is 0 Å². The van der Waals surface area contributed by atoms with Crippen molar-refractivity contribution < 1.29 is 4.74 Å². The van der Waals surface area contributed by atoms with Gasteiger partial charge in [0.2, 0.25) is 0 Å². The topological polar surface area (TPSA) is 35.0 Å². The number of benzene rings is 1. The Morgan fingerprint density at radius 1 is 1.21 bits per heavy atom. The van der Waals surface area contributed by atoms with Crippen LogP contribution in [-0.4, -0.2) is 23.7 Å². The maximum Gasteiger partial charge on any atom is 0.136 e. The van der Waals surface area contributed by atoms with Crippen LogP contribution in [0.1, 0.15) is 24.2 Å². The highest BCUT2D eigenvalue weighted by Gasteiger charge is 2.15. The largest absolute Gasteiger partial charge is 0.384 e. The van der Waals surface area contributed by atoms with E-state index >= 15 is 0 Å². The summed E-state index contributed by atoms with van der Waals surface area (Å²) in [4.78, 5) is 9.00. The summed E-state index contributed by atoms with van der Waals surface area (Å²) in [7, 11) is 1.67. The van der Waals surface area contributed by atoms with E-state index in [1.807, 2.05) is 44.2 Å². The van der Waals surface area contributed by atoms with Gasteiger partial charge in [0.05, 0.1) is 12.3 Å². The summed E-state index contributed by atoms with van der Waals surface area (Å²) in [6, 6.07) is 10.0. The smallest absolute Gasteiger partial charge is 0.136 e. The standard InChI is InChI=1S/C15H17ClN2O/c1-10(9-19-3)15-17-13(11(2)14(16)18-15)12-7-5-4-6-8-12/h4-8,10H,9H2,1-3H3. The Hall–Kier alpha value is -1.45. The van der Waals surface area contributed by atoms with Crippen LogP contribution in [0.25, 0.3) is 11.3 Å². The van der Waals surface area contributed by atoms with Gasteiger partial charge in [-0.1, -0.05) is 48.9 Å². The molecule has 0 saturated heterocycles. The Morgan fingerprint density at radius 2 is 1.89 bits per heavy atom. The average Bonchev–Trinajstić information content (AvgIpc) is 2.43. The van der Waals surface area contributed by atoms with Crippen LogP contribution in [0.5, 0.6) is 0 Å². The Labute approximate surface area is 118 Å². The van der Waals surface area contributed by atoms with Gasteiger partial charge in [-0.15, -0.1) is 0 Å². The molecule has 0 aliphatic carbocycles. The van der Waals surface area contributed by atoms with E-state index in [0.29, 0.717) is 11.8 Å². The van der Waals surface area contributed by atoms with Gasteiger partial charge in [-0.3, -0.25) is 0 Å². The molecular formula is C15H17ClN2O. The van der Waals surface area contributed by atoms with Crippen molar-refractivity contribution in [1.82, 2.24) is 9.97 Å². The Kier molecular flexibility index (Phi) is 4.51. The van der Waals surface area contributed by atoms with Crippen molar-refractivity contribution in [2.45, 2.75) is 19.8 Å². The normalized spacial score (nSPS) is 12.4. The molecule has 1 aromatic heterocycles. The van der Waals surface area contributed by atoms with Crippen LogP contribution in [0.3, 0.4) is 0 Å². The highest BCUT2D eigenvalue weighted by Crippen LogP contribution is 2.27. The fraction of sp³-hybridized carbons (Fsp3) is 0.333. The molecule has 0 aliphatic rings. The monoisotopic (exact) mass is 276 g/mol. The van der Waals surface area contributed by atoms with Gasteiger partial charge in [0.1, 0.15) is 11.0 Å². The first-order chi connectivity index (χ1) is 9.13. The lowest BCUT2D eigenvalue weighted by molar-refractivity contribution is 0.181. The number of aromatic nitrogens is 2. The van der Waals surface area contributed by atoms with E-state index in [-0.39, 0.29) is 5.92 Å². The van der Waals surface area contributed by atoms with E-state index < -0.39 is 0 Å². The summed E-state index contributed by atoms with van der Waals surface area (Å²) in [5.74, 6) is 0.835. The van der Waals surface area contributed by atoms with Gasteiger partial charge in [-0.2, -0.15) is 0 Å². The molecule has 3 nitrogen and oxygen atoms in total. The maximum absolute atomic E-state index is 6.22. The number of hydrogen-bond acceptors (Lipinski definition) is 3. The minimum absolute atomic E-state index is 0.116. The third-order valence-corrected chi connectivity index (χ3v) is 3.38. The number of hydrogen-bond donors (Lipinski definition) is 0. The number of methoxy groups -OCH3 is 1. The SMILES string of the molecule is COCC(C)c1nc(Cl)c(C)c(-c2ccccc2)n1. The van der Waals surface area contributed by atoms with Crippen molar-refractivity contribution in [3.05, 3.63) is 46.9 Å². The summed E-state index contributed by atoms with van der Waals surface area (Å²) in [6.45, 7) is 4.54. The van der Waals surface area contributed by atoms with E-state index in [0.717, 1.165) is 22.6 Å². The molecule has 0 N–H and O–H groups in total. The van der Waals surface area contributed by atoms with Crippen LogP contribution >= 0.6 is 11.6 Å². The quantitative estimate of drug-likeness (QED) is 0.796. The fourth-order valence-corrected chi connectivity index (χ4v) is 2.10. The van der Waals surface area contributed by atoms with E-state index in [1.54, 1.807) is 7.11 Å². The Morgan fingerprint density at radius 3 is 2.53 bits per heavy atom. The molecule has 100 valence electrons. The molecule has 0 radical (unpaired) electrons. The zero-order valence-corrected chi connectivity index (χ0v) is 12.1. The molecule has 0 bridgehead atoms. The van der Waals surface area contributed by atoms with E-state index in [4.69, 9.17) is 16.3 Å². The van der Waals surface area contributed by atoms with Gasteiger partial charge in [-0.05, 0) is 6.92 Å². The van der Waals surface area contributed by atoms with Gasteiger partial charge >= 0.3 is 0 Å². The number of halogens is 1. The first kappa shape index (κ1) is 14.0. The second-order valence-corrected chi connectivity index (χ2v) is 4.93. The molecule has 1 unspecified atom stereocenters. The summed E-state index contributed by atoms with van der Waals surface area (Å²) >= 11 is 6.22. The third kappa shape index (κ3) is 3.11. The van der Waals surface area contributed by atoms with Gasteiger partial charge in [0.25, 0.3) is 0 Å². The molecular weight excluding hydrogens is 260 g/mol. The van der Waals surface area contributed by atoms with Crippen molar-refractivity contribution in [3.8, 4) is 11.3 Å². The van der Waals surface area contributed by atoms with Crippen molar-refractivity contribution in [2.75, 3.05) is 13.7 Å². The van der Waals surface area contributed by atoms with Crippen LogP contribution in [0.15, 0.2) is 30.3 Å². The molecule has 2 aromatic rings. The molecule has 0 saturated carbocycles. The highest BCUT2D eigenvalue weighted by molar-refractivity contribution is 6.30. The lowest BCUT2D eigenvalue weighted by atomic mass is 10.1. The summed E-state index contributed by atoms with van der Waals surface area (Å²) in [5.41, 5.74) is 2.84. The van der Waals surface area contributed by atoms with Crippen molar-refractivity contribution in [1.29, 1.82) is 0 Å². The van der Waals surface area contributed by atoms with Crippen LogP contribution in [0.4, 0.5) is 0 Å². The molecule has 0 aliphatic heterocycles. The fourth-order valence-electron chi connectivity index (χ4n) is 1.93. The molecule has 2 rings (SSSR count). The molecule has 0 spiro atoms. The minimum atomic E-state index is 0.116. The zero-order valence-electron chi connectivity index (χ0n) is 11.4. The van der Waals surface area contributed by atoms with E-state index in [2.05, 4.69) is 9.97 Å². The molecule has 1 atom stereocenters. The molecule has 1 heterocycles. The highest BCUT2D eigenvalue weighted by atomic mass is 35.5. The van der Waals surface area contributed by atoms with Crippen molar-refractivity contribution in [3.63, 3.8) is 0 Å². The molecule has 19 heavy (non-hydrogen) atoms. The predicted octanol–water partition coefficient (Wildman–Crippen LogP) is 3.86. The van der Waals surface area contributed by atoms with E-state index in [1.165, 1.54) is 0 Å². The minimum Gasteiger partial charge on any atom is -0.384 e. The van der Waals surface area contributed by atoms with Crippen LogP contribution in [0.2, 0.25) is 5.15 Å². The first-order valence-electron chi connectivity index (χ1n) is 6.22. The molecule has 4 heteroatoms. The van der Waals surface area contributed by atoms with Crippen LogP contribution in [0, 0.1) is 6.92 Å². The van der Waals surface area contributed by atoms with Crippen LogP contribution < -0.4 is 0 Å². The van der Waals surface area contributed by atoms with Crippen molar-refractivity contribution in [2.24, 2.45) is 0 Å². The third-order valence-electron chi connectivity index (χ3n) is 3.01. The Balaban J connectivity index is 2.49. The van der Waals surface area contributed by atoms with Gasteiger partial charge < -0.3 is 4.74 Å². The summed E-state index contributed by atoms with van der Waals surface area (Å²) < 4.78 is 5.15. The number of nitrogens with zero attached hydrogens (tertiary/aromatic N) is 2. The van der Waals surface area contributed by atoms with Crippen molar-refractivity contribution >= 4 is 11.6 Å². The lowest BCUT2D eigenvalue weighted by Crippen LogP contribution is -2.09. The first-order valence-corrected chi connectivity index (χ1v) is 6.59. The Bertz CT molecular complexity index is 558. The predicted molar refractivity (Wildman–Crippen MR) is 77.5 cm³/mol. The zero-order chi connectivity index (χ0) is 13.8. The van der Waals surface area contributed by atoms with Gasteiger partial charge in [0, 0.05) is 24.2 Å².